The molecule has 0 unspecified atom stereocenters. The minimum Gasteiger partial charge on any atom is -0.508 e. The molecule has 0 atom stereocenters. The SMILES string of the molecule is O=c1cc2oc3cc(O)c(O)cc3c(-c3ccc(O)cc3)c-2cc1O. The molecule has 1 aliphatic carbocycles. The van der Waals surface area contributed by atoms with E-state index in [9.17, 15) is 25.2 Å². The smallest absolute Gasteiger partial charge is 0.223 e. The van der Waals surface area contributed by atoms with E-state index in [0.717, 1.165) is 6.07 Å². The molecular formula is C19H12O6. The normalized spacial score (nSPS) is 11.2. The molecular weight excluding hydrogens is 324 g/mol. The second-order valence-corrected chi connectivity index (χ2v) is 5.68. The largest absolute Gasteiger partial charge is 0.508 e. The Balaban J connectivity index is 2.22. The van der Waals surface area contributed by atoms with E-state index < -0.39 is 11.2 Å². The number of benzene rings is 3. The van der Waals surface area contributed by atoms with Crippen molar-refractivity contribution in [1.82, 2.24) is 0 Å². The van der Waals surface area contributed by atoms with Gasteiger partial charge in [0.25, 0.3) is 0 Å². The highest BCUT2D eigenvalue weighted by atomic mass is 16.3. The molecule has 1 heterocycles. The maximum Gasteiger partial charge on any atom is 0.223 e. The molecule has 2 aliphatic rings. The summed E-state index contributed by atoms with van der Waals surface area (Å²) in [4.78, 5) is 11.8. The lowest BCUT2D eigenvalue weighted by Gasteiger charge is -2.16. The van der Waals surface area contributed by atoms with Gasteiger partial charge in [0.15, 0.2) is 17.2 Å². The van der Waals surface area contributed by atoms with Crippen molar-refractivity contribution >= 4 is 11.0 Å². The zero-order valence-electron chi connectivity index (χ0n) is 12.7. The van der Waals surface area contributed by atoms with Crippen LogP contribution in [0.4, 0.5) is 0 Å². The maximum atomic E-state index is 11.8. The van der Waals surface area contributed by atoms with Gasteiger partial charge < -0.3 is 24.8 Å². The van der Waals surface area contributed by atoms with Crippen LogP contribution in [0.5, 0.6) is 23.0 Å². The summed E-state index contributed by atoms with van der Waals surface area (Å²) in [6, 6.07) is 11.4. The summed E-state index contributed by atoms with van der Waals surface area (Å²) in [6.07, 6.45) is 0. The summed E-state index contributed by atoms with van der Waals surface area (Å²) >= 11 is 0. The predicted octanol–water partition coefficient (Wildman–Crippen LogP) is 3.39. The Morgan fingerprint density at radius 1 is 0.760 bits per heavy atom. The Morgan fingerprint density at radius 3 is 2.16 bits per heavy atom. The van der Waals surface area contributed by atoms with Gasteiger partial charge in [-0.1, -0.05) is 12.1 Å². The summed E-state index contributed by atoms with van der Waals surface area (Å²) < 4.78 is 5.67. The Kier molecular flexibility index (Phi) is 3.08. The van der Waals surface area contributed by atoms with E-state index in [1.54, 1.807) is 12.1 Å². The standard InChI is InChI=1S/C19H12O6/c20-10-3-1-9(2-4-10)19-11-5-13(21)15(23)7-17(11)25-18-8-16(24)14(22)6-12(18)19/h1-8,20-23H. The molecule has 4 rings (SSSR count). The van der Waals surface area contributed by atoms with Gasteiger partial charge in [-0.3, -0.25) is 4.79 Å². The molecule has 25 heavy (non-hydrogen) atoms. The quantitative estimate of drug-likeness (QED) is 0.313. The fraction of sp³-hybridized carbons (Fsp3) is 0. The van der Waals surface area contributed by atoms with Crippen LogP contribution in [0, 0.1) is 0 Å². The first-order valence-electron chi connectivity index (χ1n) is 7.39. The second kappa shape index (κ2) is 5.17. The van der Waals surface area contributed by atoms with Crippen LogP contribution in [-0.2, 0) is 0 Å². The lowest BCUT2D eigenvalue weighted by molar-refractivity contribution is 0.404. The monoisotopic (exact) mass is 336 g/mol. The van der Waals surface area contributed by atoms with Gasteiger partial charge in [-0.15, -0.1) is 0 Å². The number of phenols is 4. The first-order valence-corrected chi connectivity index (χ1v) is 7.39. The molecule has 1 aliphatic heterocycles. The van der Waals surface area contributed by atoms with Gasteiger partial charge in [-0.25, -0.2) is 0 Å². The van der Waals surface area contributed by atoms with Crippen molar-refractivity contribution in [3.63, 3.8) is 0 Å². The summed E-state index contributed by atoms with van der Waals surface area (Å²) in [5.41, 5.74) is 1.39. The Bertz CT molecular complexity index is 1140. The van der Waals surface area contributed by atoms with Crippen molar-refractivity contribution in [1.29, 1.82) is 0 Å². The van der Waals surface area contributed by atoms with Crippen molar-refractivity contribution < 1.29 is 24.8 Å². The predicted molar refractivity (Wildman–Crippen MR) is 91.2 cm³/mol. The van der Waals surface area contributed by atoms with Gasteiger partial charge in [0.2, 0.25) is 5.43 Å². The van der Waals surface area contributed by atoms with E-state index in [-0.39, 0.29) is 28.6 Å². The number of rotatable bonds is 1. The van der Waals surface area contributed by atoms with E-state index in [0.29, 0.717) is 22.1 Å². The van der Waals surface area contributed by atoms with E-state index in [4.69, 9.17) is 4.42 Å². The van der Waals surface area contributed by atoms with Gasteiger partial charge in [0.1, 0.15) is 17.1 Å². The molecule has 2 aromatic rings. The highest BCUT2D eigenvalue weighted by molar-refractivity contribution is 6.03. The van der Waals surface area contributed by atoms with Crippen molar-refractivity contribution in [2.75, 3.05) is 0 Å². The molecule has 6 nitrogen and oxygen atoms in total. The topological polar surface area (TPSA) is 111 Å². The zero-order valence-corrected chi connectivity index (χ0v) is 12.7. The van der Waals surface area contributed by atoms with Gasteiger partial charge >= 0.3 is 0 Å². The van der Waals surface area contributed by atoms with Crippen molar-refractivity contribution in [3.05, 3.63) is 58.8 Å². The average Bonchev–Trinajstić information content (AvgIpc) is 2.57. The molecule has 0 radical (unpaired) electrons. The van der Waals surface area contributed by atoms with Crippen molar-refractivity contribution in [2.24, 2.45) is 0 Å². The average molecular weight is 336 g/mol. The minimum atomic E-state index is -0.588. The van der Waals surface area contributed by atoms with Crippen LogP contribution in [0.3, 0.4) is 0 Å². The number of hydrogen-bond acceptors (Lipinski definition) is 6. The first-order chi connectivity index (χ1) is 11.9. The van der Waals surface area contributed by atoms with Crippen molar-refractivity contribution in [2.45, 2.75) is 0 Å². The van der Waals surface area contributed by atoms with Crippen molar-refractivity contribution in [3.8, 4) is 45.4 Å². The summed E-state index contributed by atoms with van der Waals surface area (Å²) in [5.74, 6) is -0.795. The molecule has 0 saturated heterocycles. The Hall–Kier alpha value is -3.67. The first kappa shape index (κ1) is 14.9. The minimum absolute atomic E-state index is 0.0863. The molecule has 124 valence electrons. The Labute approximate surface area is 140 Å². The van der Waals surface area contributed by atoms with Crippen LogP contribution in [-0.4, -0.2) is 20.4 Å². The number of phenolic OH excluding ortho intramolecular Hbond substituents is 4. The summed E-state index contributed by atoms with van der Waals surface area (Å²) in [6.45, 7) is 0. The Morgan fingerprint density at radius 2 is 1.44 bits per heavy atom. The molecule has 0 bridgehead atoms. The fourth-order valence-corrected chi connectivity index (χ4v) is 2.87. The highest BCUT2D eigenvalue weighted by Gasteiger charge is 2.20. The second-order valence-electron chi connectivity index (χ2n) is 5.68. The fourth-order valence-electron chi connectivity index (χ4n) is 2.87. The van der Waals surface area contributed by atoms with E-state index in [1.807, 2.05) is 0 Å². The third-order valence-corrected chi connectivity index (χ3v) is 4.05. The lowest BCUT2D eigenvalue weighted by Crippen LogP contribution is -2.01. The van der Waals surface area contributed by atoms with E-state index in [2.05, 4.69) is 0 Å². The van der Waals surface area contributed by atoms with Crippen LogP contribution in [0.25, 0.3) is 33.4 Å². The number of hydrogen-bond donors (Lipinski definition) is 4. The molecule has 4 N–H and O–H groups in total. The van der Waals surface area contributed by atoms with E-state index >= 15 is 0 Å². The van der Waals surface area contributed by atoms with E-state index in [1.165, 1.54) is 30.3 Å². The molecule has 2 aromatic carbocycles. The van der Waals surface area contributed by atoms with Gasteiger partial charge in [0, 0.05) is 28.6 Å². The third-order valence-electron chi connectivity index (χ3n) is 4.05. The molecule has 0 spiro atoms. The highest BCUT2D eigenvalue weighted by Crippen LogP contribution is 2.43. The zero-order chi connectivity index (χ0) is 17.7. The van der Waals surface area contributed by atoms with Crippen LogP contribution in [0.2, 0.25) is 0 Å². The molecule has 6 heteroatoms. The van der Waals surface area contributed by atoms with Crippen LogP contribution in [0.15, 0.2) is 57.7 Å². The lowest BCUT2D eigenvalue weighted by atomic mass is 9.93. The molecule has 0 amide bonds. The molecule has 0 saturated carbocycles. The number of fused-ring (bicyclic) bond motifs is 2. The van der Waals surface area contributed by atoms with Crippen LogP contribution in [0.1, 0.15) is 0 Å². The number of aromatic hydroxyl groups is 4. The van der Waals surface area contributed by atoms with Gasteiger partial charge in [-0.05, 0) is 29.8 Å². The summed E-state index contributed by atoms with van der Waals surface area (Å²) in [5, 5.41) is 39.4. The van der Waals surface area contributed by atoms with Crippen LogP contribution < -0.4 is 5.43 Å². The van der Waals surface area contributed by atoms with Gasteiger partial charge in [0.05, 0.1) is 0 Å². The third kappa shape index (κ3) is 2.31. The molecule has 0 aromatic heterocycles. The maximum absolute atomic E-state index is 11.8. The summed E-state index contributed by atoms with van der Waals surface area (Å²) in [7, 11) is 0. The molecule has 0 fully saturated rings. The van der Waals surface area contributed by atoms with Crippen LogP contribution >= 0.6 is 0 Å². The van der Waals surface area contributed by atoms with Gasteiger partial charge in [-0.2, -0.15) is 0 Å².